The van der Waals surface area contributed by atoms with Crippen molar-refractivity contribution in [3.8, 4) is 0 Å². The number of carbonyl (C=O) groups excluding carboxylic acids is 1. The molecular weight excluding hydrogens is 407 g/mol. The summed E-state index contributed by atoms with van der Waals surface area (Å²) in [5, 5.41) is 10.3. The summed E-state index contributed by atoms with van der Waals surface area (Å²) >= 11 is 0. The largest absolute Gasteiger partial charge is 0.856 e. The summed E-state index contributed by atoms with van der Waals surface area (Å²) in [4.78, 5) is 13.4. The predicted octanol–water partition coefficient (Wildman–Crippen LogP) is 1.08. The van der Waals surface area contributed by atoms with E-state index in [1.54, 1.807) is 0 Å². The van der Waals surface area contributed by atoms with Crippen molar-refractivity contribution in [2.45, 2.75) is 25.1 Å². The van der Waals surface area contributed by atoms with Crippen molar-refractivity contribution in [3.05, 3.63) is 6.92 Å². The summed E-state index contributed by atoms with van der Waals surface area (Å²) in [5.41, 5.74) is 0. The second-order valence-electron chi connectivity index (χ2n) is 2.70. The van der Waals surface area contributed by atoms with Crippen LogP contribution >= 0.6 is 24.0 Å². The number of hydrogen-bond acceptors (Lipinski definition) is 4. The van der Waals surface area contributed by atoms with Gasteiger partial charge < -0.3 is 9.84 Å². The smallest absolute Gasteiger partial charge is 0.419 e. The molecule has 0 aromatic heterocycles. The van der Waals surface area contributed by atoms with E-state index in [4.69, 9.17) is 0 Å². The monoisotopic (exact) mass is 417 g/mol. The van der Waals surface area contributed by atoms with Gasteiger partial charge in [-0.2, -0.15) is 13.2 Å². The number of ether oxygens (including phenoxy) is 1. The molecule has 0 amide bonds. The summed E-state index contributed by atoms with van der Waals surface area (Å²) in [6.45, 7) is 3.20. The Morgan fingerprint density at radius 1 is 1.53 bits per heavy atom. The Bertz CT molecular complexity index is 261. The van der Waals surface area contributed by atoms with Gasteiger partial charge in [-0.3, -0.25) is 9.79 Å². The normalized spacial score (nSPS) is 13.1. The van der Waals surface area contributed by atoms with Gasteiger partial charge in [0.25, 0.3) is 0 Å². The van der Waals surface area contributed by atoms with Crippen molar-refractivity contribution in [2.24, 2.45) is 4.99 Å². The van der Waals surface area contributed by atoms with E-state index in [2.05, 4.69) is 16.7 Å². The Kier molecular flexibility index (Phi) is 13.2. The summed E-state index contributed by atoms with van der Waals surface area (Å²) in [6, 6.07) is -1.10. The van der Waals surface area contributed by atoms with E-state index in [1.807, 2.05) is 0 Å². The van der Waals surface area contributed by atoms with Crippen LogP contribution in [0.1, 0.15) is 12.8 Å². The van der Waals surface area contributed by atoms with Crippen LogP contribution < -0.4 is 5.11 Å². The van der Waals surface area contributed by atoms with Crippen molar-refractivity contribution in [1.29, 1.82) is 0 Å². The second kappa shape index (κ2) is 10.0. The van der Waals surface area contributed by atoms with E-state index in [0.717, 1.165) is 7.11 Å². The average Bonchev–Trinajstić information content (AvgIpc) is 2.12. The SMILES string of the molecule is I.[CH2][C@H](CCC(=O)OC)N=C([O-])C(F)(F)F.[Zn]. The van der Waals surface area contributed by atoms with Gasteiger partial charge in [0.15, 0.2) is 0 Å². The Balaban J connectivity index is -0.000000980. The van der Waals surface area contributed by atoms with Gasteiger partial charge in [0, 0.05) is 31.9 Å². The Labute approximate surface area is 127 Å². The van der Waals surface area contributed by atoms with Gasteiger partial charge in [-0.15, -0.1) is 24.0 Å². The van der Waals surface area contributed by atoms with Crippen molar-refractivity contribution < 1.29 is 47.3 Å². The summed E-state index contributed by atoms with van der Waals surface area (Å²) in [6.07, 6.45) is -5.17. The molecule has 1 atom stereocenters. The molecule has 0 saturated heterocycles. The minimum absolute atomic E-state index is 0. The van der Waals surface area contributed by atoms with Crippen molar-refractivity contribution in [2.75, 3.05) is 7.11 Å². The van der Waals surface area contributed by atoms with Gasteiger partial charge in [-0.25, -0.2) is 0 Å². The van der Waals surface area contributed by atoms with Gasteiger partial charge in [0.05, 0.1) is 13.0 Å². The van der Waals surface area contributed by atoms with E-state index < -0.39 is 24.1 Å². The first kappa shape index (κ1) is 22.3. The molecule has 4 nitrogen and oxygen atoms in total. The van der Waals surface area contributed by atoms with Crippen molar-refractivity contribution in [1.82, 2.24) is 0 Å². The van der Waals surface area contributed by atoms with Crippen LogP contribution in [0.5, 0.6) is 0 Å². The molecule has 0 aromatic carbocycles. The fourth-order valence-electron chi connectivity index (χ4n) is 0.690. The molecule has 0 aromatic rings. The zero-order valence-corrected chi connectivity index (χ0v) is 14.4. The van der Waals surface area contributed by atoms with Crippen LogP contribution in [0.25, 0.3) is 0 Å². The number of rotatable bonds is 4. The Morgan fingerprint density at radius 2 is 2.00 bits per heavy atom. The zero-order valence-electron chi connectivity index (χ0n) is 9.12. The molecule has 0 bridgehead atoms. The molecule has 9 heteroatoms. The molecule has 0 aliphatic carbocycles. The molecule has 0 saturated carbocycles. The van der Waals surface area contributed by atoms with Crippen LogP contribution in [-0.2, 0) is 29.0 Å². The summed E-state index contributed by atoms with van der Waals surface area (Å²) in [7, 11) is 1.15. The van der Waals surface area contributed by atoms with Crippen LogP contribution in [0, 0.1) is 6.92 Å². The number of aliphatic imine (C=N–C) groups is 1. The molecule has 0 aliphatic rings. The van der Waals surface area contributed by atoms with Crippen LogP contribution in [-0.4, -0.2) is 31.2 Å². The molecule has 97 valence electrons. The van der Waals surface area contributed by atoms with Gasteiger partial charge in [-0.05, 0) is 13.3 Å². The van der Waals surface area contributed by atoms with E-state index in [0.29, 0.717) is 0 Å². The van der Waals surface area contributed by atoms with Crippen LogP contribution in [0.2, 0.25) is 0 Å². The number of methoxy groups -OCH3 is 1. The quantitative estimate of drug-likeness (QED) is 0.226. The molecular formula is C8H11F3INO3Zn-. The molecule has 0 unspecified atom stereocenters. The number of hydrogen-bond donors (Lipinski definition) is 0. The number of esters is 1. The predicted molar refractivity (Wildman–Crippen MR) is 59.3 cm³/mol. The maximum absolute atomic E-state index is 11.7. The topological polar surface area (TPSA) is 61.7 Å². The van der Waals surface area contributed by atoms with Gasteiger partial charge in [0.2, 0.25) is 0 Å². The number of nitrogens with zero attached hydrogens (tertiary/aromatic N) is 1. The minimum Gasteiger partial charge on any atom is -0.856 e. The van der Waals surface area contributed by atoms with E-state index in [-0.39, 0.29) is 56.3 Å². The fraction of sp³-hybridized carbons (Fsp3) is 0.625. The third-order valence-electron chi connectivity index (χ3n) is 1.45. The standard InChI is InChI=1S/C8H11F3NO3.HI.Zn/c1-5(3-4-6(13)15-2)12-7(14)8(9,10)11;;/h5H,1,3-4H2,2H3,(H,12,14);1H;/p-1/t5-;;/m1../s1. The first-order valence-electron chi connectivity index (χ1n) is 3.99. The van der Waals surface area contributed by atoms with Crippen LogP contribution in [0.4, 0.5) is 13.2 Å². The van der Waals surface area contributed by atoms with Gasteiger partial charge in [0.1, 0.15) is 0 Å². The first-order valence-corrected chi connectivity index (χ1v) is 3.99. The molecule has 17 heavy (non-hydrogen) atoms. The third-order valence-corrected chi connectivity index (χ3v) is 1.45. The van der Waals surface area contributed by atoms with Crippen LogP contribution in [0.15, 0.2) is 4.99 Å². The molecule has 0 rings (SSSR count). The maximum Gasteiger partial charge on any atom is 0.419 e. The molecule has 0 aliphatic heterocycles. The third kappa shape index (κ3) is 10.9. The second-order valence-corrected chi connectivity index (χ2v) is 2.70. The average molecular weight is 418 g/mol. The minimum atomic E-state index is -4.98. The molecule has 0 spiro atoms. The van der Waals surface area contributed by atoms with Gasteiger partial charge in [-0.1, -0.05) is 0 Å². The van der Waals surface area contributed by atoms with E-state index in [1.165, 1.54) is 0 Å². The van der Waals surface area contributed by atoms with Gasteiger partial charge >= 0.3 is 12.1 Å². The van der Waals surface area contributed by atoms with Crippen molar-refractivity contribution in [3.63, 3.8) is 0 Å². The Hall–Kier alpha value is 0.0834. The summed E-state index contributed by atoms with van der Waals surface area (Å²) in [5.74, 6) is -2.77. The number of halogens is 4. The molecule has 0 fully saturated rings. The zero-order chi connectivity index (χ0) is 12.1. The summed E-state index contributed by atoms with van der Waals surface area (Å²) < 4.78 is 39.4. The van der Waals surface area contributed by atoms with Crippen LogP contribution in [0.3, 0.4) is 0 Å². The number of carbonyl (C=O) groups is 1. The van der Waals surface area contributed by atoms with E-state index in [9.17, 15) is 23.1 Å². The molecule has 0 N–H and O–H groups in total. The first-order chi connectivity index (χ1) is 6.77. The Morgan fingerprint density at radius 3 is 2.35 bits per heavy atom. The molecule has 0 heterocycles. The fourth-order valence-corrected chi connectivity index (χ4v) is 0.690. The number of alkyl halides is 3. The maximum atomic E-state index is 11.7. The molecule has 1 radical (unpaired) electrons. The van der Waals surface area contributed by atoms with Crippen molar-refractivity contribution >= 4 is 35.8 Å². The van der Waals surface area contributed by atoms with E-state index >= 15 is 0 Å².